The minimum atomic E-state index is -1.60. The van der Waals surface area contributed by atoms with Gasteiger partial charge in [-0.15, -0.1) is 0 Å². The van der Waals surface area contributed by atoms with Gasteiger partial charge in [-0.25, -0.2) is 0 Å². The van der Waals surface area contributed by atoms with Crippen molar-refractivity contribution in [1.29, 1.82) is 0 Å². The van der Waals surface area contributed by atoms with Crippen LogP contribution in [0.4, 0.5) is 0 Å². The van der Waals surface area contributed by atoms with Gasteiger partial charge in [0.1, 0.15) is 0 Å². The fraction of sp³-hybridized carbons (Fsp3) is 0.333. The summed E-state index contributed by atoms with van der Waals surface area (Å²) in [4.78, 5) is 20.9. The first kappa shape index (κ1) is 10.7. The molecule has 11 heavy (non-hydrogen) atoms. The van der Waals surface area contributed by atoms with Gasteiger partial charge in [0.05, 0.1) is 0 Å². The van der Waals surface area contributed by atoms with E-state index in [9.17, 15) is 9.59 Å². The summed E-state index contributed by atoms with van der Waals surface area (Å²) < 4.78 is -1.60. The number of aliphatic carboxylic acids is 2. The summed E-state index contributed by atoms with van der Waals surface area (Å²) in [5.74, 6) is -2.56. The number of carboxylic acids is 2. The van der Waals surface area contributed by atoms with Crippen LogP contribution in [0, 0.1) is 0 Å². The first-order valence-corrected chi connectivity index (χ1v) is 4.03. The molecule has 0 aliphatic carbocycles. The quantitative estimate of drug-likeness (QED) is 0.351. The van der Waals surface area contributed by atoms with Crippen molar-refractivity contribution in [1.82, 2.24) is 0 Å². The number of hydrogen-bond acceptors (Lipinski definition) is 2. The van der Waals surface area contributed by atoms with E-state index in [1.807, 2.05) is 0 Å². The van der Waals surface area contributed by atoms with Crippen LogP contribution in [0.5, 0.6) is 0 Å². The predicted octanol–water partition coefficient (Wildman–Crippen LogP) is 0.0589. The molecule has 0 rings (SSSR count). The first-order chi connectivity index (χ1) is 4.95. The average molecular weight is 166 g/mol. The Kier molecular flexibility index (Phi) is 3.78. The number of carbonyl (C=O) groups is 2. The number of allylic oxidation sites excluding steroid dienone is 1. The third-order valence-electron chi connectivity index (χ3n) is 1.50. The Bertz CT molecular complexity index is 185. The van der Waals surface area contributed by atoms with Crippen LogP contribution in [0.3, 0.4) is 0 Å². The van der Waals surface area contributed by atoms with Crippen LogP contribution >= 0.6 is 0 Å². The van der Waals surface area contributed by atoms with Gasteiger partial charge in [0.15, 0.2) is 0 Å². The van der Waals surface area contributed by atoms with Gasteiger partial charge in [-0.2, -0.15) is 0 Å². The van der Waals surface area contributed by atoms with E-state index in [0.29, 0.717) is 0 Å². The summed E-state index contributed by atoms with van der Waals surface area (Å²) in [6.45, 7) is 3.31. The summed E-state index contributed by atoms with van der Waals surface area (Å²) in [5.41, 5.74) is 0. The summed E-state index contributed by atoms with van der Waals surface area (Å²) in [6, 6.07) is 0. The number of hydrogen-bond donors (Lipinski definition) is 2. The fourth-order valence-electron chi connectivity index (χ4n) is 0.555. The molecular weight excluding hydrogens is 159 g/mol. The van der Waals surface area contributed by atoms with Gasteiger partial charge in [0.25, 0.3) is 0 Å². The van der Waals surface area contributed by atoms with Crippen molar-refractivity contribution in [2.24, 2.45) is 0 Å². The Morgan fingerprint density at radius 1 is 1.45 bits per heavy atom. The van der Waals surface area contributed by atoms with Crippen molar-refractivity contribution in [3.8, 4) is 0 Å². The number of rotatable bonds is 4. The van der Waals surface area contributed by atoms with Gasteiger partial charge in [0, 0.05) is 0 Å². The van der Waals surface area contributed by atoms with Crippen LogP contribution in [0.15, 0.2) is 12.7 Å². The Balaban J connectivity index is 4.65. The zero-order valence-corrected chi connectivity index (χ0v) is 8.20. The molecular formula is C6H7NaO4. The van der Waals surface area contributed by atoms with Gasteiger partial charge in [-0.05, 0) is 0 Å². The second-order valence-corrected chi connectivity index (χ2v) is 4.14. The molecule has 0 aromatic rings. The molecule has 0 aromatic heterocycles. The Morgan fingerprint density at radius 3 is 1.91 bits per heavy atom. The Hall–Kier alpha value is -0.320. The Labute approximate surface area is 81.3 Å². The van der Waals surface area contributed by atoms with Crippen molar-refractivity contribution in [2.75, 3.05) is 0 Å². The number of carboxylic acid groups (broad SMARTS) is 2. The molecule has 0 fully saturated rings. The van der Waals surface area contributed by atoms with Crippen molar-refractivity contribution < 1.29 is 19.8 Å². The van der Waals surface area contributed by atoms with Gasteiger partial charge < -0.3 is 0 Å². The van der Waals surface area contributed by atoms with E-state index in [2.05, 4.69) is 6.58 Å². The predicted molar refractivity (Wildman–Crippen MR) is 38.5 cm³/mol. The SMILES string of the molecule is C=CC[C]([Na])(C(=O)O)C(=O)O. The second kappa shape index (κ2) is 3.90. The molecule has 0 saturated carbocycles. The third-order valence-corrected chi connectivity index (χ3v) is 2.76. The second-order valence-electron chi connectivity index (χ2n) is 2.44. The molecule has 0 aliphatic rings. The van der Waals surface area contributed by atoms with Gasteiger partial charge in [-0.1, -0.05) is 0 Å². The zero-order valence-electron chi connectivity index (χ0n) is 6.20. The van der Waals surface area contributed by atoms with Gasteiger partial charge in [-0.3, -0.25) is 0 Å². The van der Waals surface area contributed by atoms with Crippen LogP contribution in [-0.2, 0) is 9.59 Å². The molecule has 0 spiro atoms. The molecule has 5 heteroatoms. The van der Waals surface area contributed by atoms with E-state index < -0.39 is 14.6 Å². The van der Waals surface area contributed by atoms with Crippen molar-refractivity contribution >= 4 is 39.9 Å². The molecule has 0 amide bonds. The van der Waals surface area contributed by atoms with Crippen molar-refractivity contribution in [3.05, 3.63) is 12.7 Å². The molecule has 0 aliphatic heterocycles. The standard InChI is InChI=1S/C6H7O4.Na/c1-2-3-4(5(7)8)6(9)10;/h2H,1,3H2,(H,7,8)(H,9,10);. The molecule has 56 valence electrons. The van der Waals surface area contributed by atoms with E-state index in [-0.39, 0.29) is 34.4 Å². The van der Waals surface area contributed by atoms with Gasteiger partial charge >= 0.3 is 81.4 Å². The monoisotopic (exact) mass is 166 g/mol. The van der Waals surface area contributed by atoms with Crippen molar-refractivity contribution in [3.63, 3.8) is 0 Å². The maximum absolute atomic E-state index is 10.5. The average Bonchev–Trinajstić information content (AvgIpc) is 1.87. The Morgan fingerprint density at radius 2 is 1.82 bits per heavy atom. The normalized spacial score (nSPS) is 10.7. The summed E-state index contributed by atoms with van der Waals surface area (Å²) in [6.07, 6.45) is 1.30. The van der Waals surface area contributed by atoms with E-state index in [1.165, 1.54) is 6.08 Å². The minimum absolute atomic E-state index is 0.0100. The molecule has 0 aromatic carbocycles. The van der Waals surface area contributed by atoms with Crippen LogP contribution in [0.2, 0.25) is 2.66 Å². The topological polar surface area (TPSA) is 74.6 Å². The summed E-state index contributed by atoms with van der Waals surface area (Å²) in [7, 11) is 0. The van der Waals surface area contributed by atoms with Gasteiger partial charge in [0.2, 0.25) is 0 Å². The molecule has 0 atom stereocenters. The summed E-state index contributed by atoms with van der Waals surface area (Å²) >= 11 is 0.0767. The van der Waals surface area contributed by atoms with Crippen molar-refractivity contribution in [2.45, 2.75) is 9.09 Å². The van der Waals surface area contributed by atoms with Crippen LogP contribution in [0.1, 0.15) is 6.42 Å². The molecule has 0 radical (unpaired) electrons. The maximum atomic E-state index is 10.5. The molecule has 0 bridgehead atoms. The molecule has 4 nitrogen and oxygen atoms in total. The molecule has 2 N–H and O–H groups in total. The van der Waals surface area contributed by atoms with Crippen LogP contribution < -0.4 is 0 Å². The zero-order chi connectivity index (χ0) is 9.07. The van der Waals surface area contributed by atoms with E-state index in [1.54, 1.807) is 0 Å². The molecule has 0 heterocycles. The molecule has 0 unspecified atom stereocenters. The fourth-order valence-corrected chi connectivity index (χ4v) is 0.843. The van der Waals surface area contributed by atoms with Crippen LogP contribution in [0.25, 0.3) is 0 Å². The van der Waals surface area contributed by atoms with E-state index >= 15 is 0 Å². The van der Waals surface area contributed by atoms with Crippen LogP contribution in [-0.4, -0.2) is 50.1 Å². The van der Waals surface area contributed by atoms with E-state index in [4.69, 9.17) is 10.2 Å². The van der Waals surface area contributed by atoms with E-state index in [0.717, 1.165) is 0 Å². The first-order valence-electron chi connectivity index (χ1n) is 3.03. The summed E-state index contributed by atoms with van der Waals surface area (Å²) in [5, 5.41) is 17.1. The molecule has 0 saturated heterocycles. The third kappa shape index (κ3) is 2.32.